The van der Waals surface area contributed by atoms with Crippen molar-refractivity contribution in [2.75, 3.05) is 6.61 Å². The summed E-state index contributed by atoms with van der Waals surface area (Å²) in [7, 11) is 0. The van der Waals surface area contributed by atoms with Crippen LogP contribution < -0.4 is 10.1 Å². The molecule has 0 saturated heterocycles. The van der Waals surface area contributed by atoms with Gasteiger partial charge in [0.2, 0.25) is 0 Å². The standard InChI is InChI=1S/C15H21NO3/c1-12-7-9-15(11-17,10-8-12)16-14(18)19-13-5-3-2-4-6-13/h2-6,12,17H,7-11H2,1H3,(H,16,18). The van der Waals surface area contributed by atoms with E-state index < -0.39 is 11.6 Å². The van der Waals surface area contributed by atoms with E-state index in [-0.39, 0.29) is 6.61 Å². The zero-order chi connectivity index (χ0) is 13.7. The van der Waals surface area contributed by atoms with Crippen LogP contribution >= 0.6 is 0 Å². The molecular weight excluding hydrogens is 242 g/mol. The van der Waals surface area contributed by atoms with E-state index in [9.17, 15) is 9.90 Å². The van der Waals surface area contributed by atoms with Crippen LogP contribution in [-0.2, 0) is 0 Å². The maximum atomic E-state index is 11.9. The molecular formula is C15H21NO3. The van der Waals surface area contributed by atoms with Gasteiger partial charge in [-0.15, -0.1) is 0 Å². The second kappa shape index (κ2) is 6.06. The molecule has 19 heavy (non-hydrogen) atoms. The van der Waals surface area contributed by atoms with E-state index in [0.717, 1.165) is 25.7 Å². The zero-order valence-electron chi connectivity index (χ0n) is 11.3. The third-order valence-corrected chi connectivity index (χ3v) is 3.86. The number of para-hydroxylation sites is 1. The Hall–Kier alpha value is -1.55. The number of rotatable bonds is 3. The minimum absolute atomic E-state index is 0.0381. The maximum Gasteiger partial charge on any atom is 0.413 e. The van der Waals surface area contributed by atoms with Gasteiger partial charge in [-0.3, -0.25) is 0 Å². The molecule has 0 atom stereocenters. The molecule has 1 aromatic rings. The minimum Gasteiger partial charge on any atom is -0.410 e. The Morgan fingerprint density at radius 1 is 1.37 bits per heavy atom. The summed E-state index contributed by atoms with van der Waals surface area (Å²) >= 11 is 0. The molecule has 4 nitrogen and oxygen atoms in total. The number of benzene rings is 1. The molecule has 1 aliphatic rings. The van der Waals surface area contributed by atoms with Crippen molar-refractivity contribution in [3.05, 3.63) is 30.3 Å². The SMILES string of the molecule is CC1CCC(CO)(NC(=O)Oc2ccccc2)CC1. The Bertz CT molecular complexity index is 411. The molecule has 0 unspecified atom stereocenters. The fourth-order valence-corrected chi connectivity index (χ4v) is 2.47. The summed E-state index contributed by atoms with van der Waals surface area (Å²) in [6.45, 7) is 2.16. The van der Waals surface area contributed by atoms with E-state index >= 15 is 0 Å². The molecule has 1 saturated carbocycles. The number of hydrogen-bond acceptors (Lipinski definition) is 3. The molecule has 0 spiro atoms. The number of carbonyl (C=O) groups is 1. The Morgan fingerprint density at radius 3 is 2.58 bits per heavy atom. The monoisotopic (exact) mass is 263 g/mol. The van der Waals surface area contributed by atoms with E-state index in [4.69, 9.17) is 4.74 Å². The van der Waals surface area contributed by atoms with Crippen molar-refractivity contribution in [1.82, 2.24) is 5.32 Å². The molecule has 0 aromatic heterocycles. The third-order valence-electron chi connectivity index (χ3n) is 3.86. The third kappa shape index (κ3) is 3.70. The second-order valence-corrected chi connectivity index (χ2v) is 5.45. The lowest BCUT2D eigenvalue weighted by atomic mass is 9.77. The molecule has 2 N–H and O–H groups in total. The predicted molar refractivity (Wildman–Crippen MR) is 73.1 cm³/mol. The molecule has 1 fully saturated rings. The van der Waals surface area contributed by atoms with Crippen LogP contribution in [0.15, 0.2) is 30.3 Å². The van der Waals surface area contributed by atoms with Gasteiger partial charge in [0.05, 0.1) is 12.1 Å². The topological polar surface area (TPSA) is 58.6 Å². The molecule has 0 heterocycles. The quantitative estimate of drug-likeness (QED) is 0.881. The maximum absolute atomic E-state index is 11.9. The minimum atomic E-state index is -0.516. The van der Waals surface area contributed by atoms with Crippen molar-refractivity contribution in [2.45, 2.75) is 38.1 Å². The average molecular weight is 263 g/mol. The number of nitrogens with one attached hydrogen (secondary N) is 1. The molecule has 0 bridgehead atoms. The van der Waals surface area contributed by atoms with Crippen LogP contribution in [0.4, 0.5) is 4.79 Å². The Balaban J connectivity index is 1.93. The zero-order valence-corrected chi connectivity index (χ0v) is 11.3. The highest BCUT2D eigenvalue weighted by molar-refractivity contribution is 5.71. The largest absolute Gasteiger partial charge is 0.413 e. The number of hydrogen-bond donors (Lipinski definition) is 2. The molecule has 4 heteroatoms. The molecule has 1 aromatic carbocycles. The molecule has 104 valence electrons. The first-order chi connectivity index (χ1) is 9.13. The average Bonchev–Trinajstić information content (AvgIpc) is 2.43. The van der Waals surface area contributed by atoms with Gasteiger partial charge in [0.1, 0.15) is 5.75 Å². The summed E-state index contributed by atoms with van der Waals surface area (Å²) in [5.41, 5.74) is -0.516. The van der Waals surface area contributed by atoms with Gasteiger partial charge in [-0.2, -0.15) is 0 Å². The van der Waals surface area contributed by atoms with Crippen LogP contribution in [0.3, 0.4) is 0 Å². The fraction of sp³-hybridized carbons (Fsp3) is 0.533. The number of aliphatic hydroxyl groups excluding tert-OH is 1. The van der Waals surface area contributed by atoms with Crippen molar-refractivity contribution in [3.63, 3.8) is 0 Å². The lowest BCUT2D eigenvalue weighted by Crippen LogP contribution is -2.54. The van der Waals surface area contributed by atoms with Crippen molar-refractivity contribution in [1.29, 1.82) is 0 Å². The molecule has 2 rings (SSSR count). The van der Waals surface area contributed by atoms with Gasteiger partial charge in [-0.25, -0.2) is 4.79 Å². The van der Waals surface area contributed by atoms with Gasteiger partial charge in [0.25, 0.3) is 0 Å². The molecule has 0 aliphatic heterocycles. The summed E-state index contributed by atoms with van der Waals surface area (Å²) in [5, 5.41) is 12.4. The van der Waals surface area contributed by atoms with Gasteiger partial charge in [-0.1, -0.05) is 25.1 Å². The fourth-order valence-electron chi connectivity index (χ4n) is 2.47. The highest BCUT2D eigenvalue weighted by Crippen LogP contribution is 2.31. The normalized spacial score (nSPS) is 26.7. The Kier molecular flexibility index (Phi) is 4.43. The lowest BCUT2D eigenvalue weighted by Gasteiger charge is -2.38. The lowest BCUT2D eigenvalue weighted by molar-refractivity contribution is 0.101. The van der Waals surface area contributed by atoms with Crippen LogP contribution in [0.5, 0.6) is 5.75 Å². The summed E-state index contributed by atoms with van der Waals surface area (Å²) in [5.74, 6) is 1.17. The van der Waals surface area contributed by atoms with Crippen LogP contribution in [0.25, 0.3) is 0 Å². The summed E-state index contributed by atoms with van der Waals surface area (Å²) in [6.07, 6.45) is 3.15. The predicted octanol–water partition coefficient (Wildman–Crippen LogP) is 2.72. The number of amides is 1. The van der Waals surface area contributed by atoms with Crippen molar-refractivity contribution in [2.24, 2.45) is 5.92 Å². The van der Waals surface area contributed by atoms with Gasteiger partial charge in [-0.05, 0) is 43.7 Å². The van der Waals surface area contributed by atoms with Gasteiger partial charge in [0.15, 0.2) is 0 Å². The Morgan fingerprint density at radius 2 is 2.00 bits per heavy atom. The van der Waals surface area contributed by atoms with E-state index in [0.29, 0.717) is 11.7 Å². The van der Waals surface area contributed by atoms with Crippen LogP contribution in [-0.4, -0.2) is 23.3 Å². The molecule has 1 amide bonds. The van der Waals surface area contributed by atoms with Gasteiger partial charge in [0, 0.05) is 0 Å². The van der Waals surface area contributed by atoms with Crippen LogP contribution in [0.1, 0.15) is 32.6 Å². The first-order valence-corrected chi connectivity index (χ1v) is 6.79. The van der Waals surface area contributed by atoms with Crippen molar-refractivity contribution in [3.8, 4) is 5.75 Å². The highest BCUT2D eigenvalue weighted by Gasteiger charge is 2.35. The van der Waals surface area contributed by atoms with Gasteiger partial charge < -0.3 is 15.2 Å². The summed E-state index contributed by atoms with van der Waals surface area (Å²) in [6, 6.07) is 8.95. The van der Waals surface area contributed by atoms with Crippen molar-refractivity contribution >= 4 is 6.09 Å². The van der Waals surface area contributed by atoms with Crippen LogP contribution in [0.2, 0.25) is 0 Å². The number of carbonyl (C=O) groups excluding carboxylic acids is 1. The van der Waals surface area contributed by atoms with E-state index in [1.54, 1.807) is 12.1 Å². The van der Waals surface area contributed by atoms with Crippen LogP contribution in [0, 0.1) is 5.92 Å². The summed E-state index contributed by atoms with van der Waals surface area (Å²) in [4.78, 5) is 11.9. The number of ether oxygens (including phenoxy) is 1. The smallest absolute Gasteiger partial charge is 0.410 e. The van der Waals surface area contributed by atoms with E-state index in [2.05, 4.69) is 12.2 Å². The van der Waals surface area contributed by atoms with Crippen molar-refractivity contribution < 1.29 is 14.6 Å². The summed E-state index contributed by atoms with van der Waals surface area (Å²) < 4.78 is 5.21. The van der Waals surface area contributed by atoms with E-state index in [1.807, 2.05) is 18.2 Å². The Labute approximate surface area is 113 Å². The molecule has 0 radical (unpaired) electrons. The number of aliphatic hydroxyl groups is 1. The molecule has 1 aliphatic carbocycles. The first-order valence-electron chi connectivity index (χ1n) is 6.79. The first kappa shape index (κ1) is 13.9. The second-order valence-electron chi connectivity index (χ2n) is 5.45. The van der Waals surface area contributed by atoms with Gasteiger partial charge >= 0.3 is 6.09 Å². The van der Waals surface area contributed by atoms with E-state index in [1.165, 1.54) is 0 Å². The highest BCUT2D eigenvalue weighted by atomic mass is 16.6.